The summed E-state index contributed by atoms with van der Waals surface area (Å²) in [5.41, 5.74) is -0.648. The molecule has 0 atom stereocenters. The first kappa shape index (κ1) is 15.3. The second-order valence-electron chi connectivity index (χ2n) is 4.10. The third-order valence-electron chi connectivity index (χ3n) is 2.54. The number of aromatic nitrogens is 1. The summed E-state index contributed by atoms with van der Waals surface area (Å²) in [6, 6.07) is 6.79. The normalized spacial score (nSPS) is 12.2. The number of nitrogens with one attached hydrogen (secondary N) is 2. The number of hydrogen-bond acceptors (Lipinski definition) is 4. The Morgan fingerprint density at radius 2 is 1.86 bits per heavy atom. The largest absolute Gasteiger partial charge is 0.744 e. The van der Waals surface area contributed by atoms with Crippen molar-refractivity contribution < 1.29 is 31.1 Å². The average molecular weight is 318 g/mol. The number of hydrogen-bond donors (Lipinski definition) is 1. The molecule has 0 unspecified atom stereocenters. The number of benzene rings is 1. The Morgan fingerprint density at radius 3 is 2.38 bits per heavy atom. The van der Waals surface area contributed by atoms with Gasteiger partial charge >= 0.3 is 6.18 Å². The molecular formula is C12H9F3N2O3S. The topological polar surface area (TPSA) is 83.4 Å². The number of alkyl halides is 3. The predicted octanol–water partition coefficient (Wildman–Crippen LogP) is 2.17. The quantitative estimate of drug-likeness (QED) is 0.879. The number of H-pyrrole nitrogens is 1. The maximum Gasteiger partial charge on any atom is 0.416 e. The lowest BCUT2D eigenvalue weighted by Gasteiger charge is -2.07. The van der Waals surface area contributed by atoms with Crippen molar-refractivity contribution in [2.75, 3.05) is 5.32 Å². The molecular weight excluding hydrogens is 309 g/mol. The Balaban J connectivity index is 2.23. The van der Waals surface area contributed by atoms with Crippen LogP contribution >= 0.6 is 0 Å². The fraction of sp³-hybridized carbons (Fsp3) is 0.0833. The molecule has 0 spiro atoms. The summed E-state index contributed by atoms with van der Waals surface area (Å²) in [6.07, 6.45) is -3.50. The van der Waals surface area contributed by atoms with E-state index in [-0.39, 0.29) is 11.5 Å². The van der Waals surface area contributed by atoms with Crippen molar-refractivity contribution in [1.29, 1.82) is 0 Å². The fourth-order valence-electron chi connectivity index (χ4n) is 1.57. The Kier molecular flexibility index (Phi) is 3.88. The molecule has 0 bridgehead atoms. The lowest BCUT2D eigenvalue weighted by atomic mass is 10.2. The van der Waals surface area contributed by atoms with E-state index in [0.29, 0.717) is 0 Å². The molecule has 0 saturated heterocycles. The molecule has 0 aliphatic carbocycles. The van der Waals surface area contributed by atoms with Gasteiger partial charge in [0.05, 0.1) is 10.5 Å². The van der Waals surface area contributed by atoms with Crippen molar-refractivity contribution in [3.8, 4) is 0 Å². The highest BCUT2D eigenvalue weighted by atomic mass is 32.2. The van der Waals surface area contributed by atoms with Crippen molar-refractivity contribution >= 4 is 21.6 Å². The molecule has 0 amide bonds. The van der Waals surface area contributed by atoms with Gasteiger partial charge in [0.2, 0.25) is 0 Å². The fourth-order valence-corrected chi connectivity index (χ4v) is 2.01. The number of anilines is 2. The molecule has 2 rings (SSSR count). The van der Waals surface area contributed by atoms with Crippen molar-refractivity contribution in [3.05, 3.63) is 48.2 Å². The van der Waals surface area contributed by atoms with Crippen LogP contribution in [0.2, 0.25) is 0 Å². The molecule has 112 valence electrons. The highest BCUT2D eigenvalue weighted by Crippen LogP contribution is 2.31. The molecule has 9 heteroatoms. The van der Waals surface area contributed by atoms with Crippen LogP contribution in [0, 0.1) is 0 Å². The highest BCUT2D eigenvalue weighted by molar-refractivity contribution is 7.85. The minimum absolute atomic E-state index is 0.166. The van der Waals surface area contributed by atoms with E-state index in [1.165, 1.54) is 18.2 Å². The van der Waals surface area contributed by atoms with Gasteiger partial charge in [-0.15, -0.1) is 0 Å². The molecule has 0 fully saturated rings. The summed E-state index contributed by atoms with van der Waals surface area (Å²) in [5.74, 6) is 0.238. The van der Waals surface area contributed by atoms with E-state index in [0.717, 1.165) is 24.4 Å². The SMILES string of the molecule is O=S(=O)([O-])c1ccc(Nc2cccc(C(F)(F)F)c2)[nH+]c1. The standard InChI is InChI=1S/C12H9F3N2O3S/c13-12(14,15)8-2-1-3-9(6-8)17-11-5-4-10(7-16-11)21(18,19)20/h1-7H,(H,16,17)(H,18,19,20). The molecule has 0 aliphatic rings. The van der Waals surface area contributed by atoms with Crippen LogP contribution in [0.25, 0.3) is 0 Å². The van der Waals surface area contributed by atoms with Gasteiger partial charge in [-0.3, -0.25) is 0 Å². The van der Waals surface area contributed by atoms with Gasteiger partial charge in [-0.2, -0.15) is 13.2 Å². The molecule has 0 radical (unpaired) electrons. The van der Waals surface area contributed by atoms with Crippen LogP contribution in [-0.2, 0) is 16.3 Å². The summed E-state index contributed by atoms with van der Waals surface area (Å²) in [7, 11) is -4.58. The summed E-state index contributed by atoms with van der Waals surface area (Å²) < 4.78 is 69.9. The first-order valence-electron chi connectivity index (χ1n) is 5.58. The zero-order valence-corrected chi connectivity index (χ0v) is 11.1. The first-order valence-corrected chi connectivity index (χ1v) is 6.99. The average Bonchev–Trinajstić information content (AvgIpc) is 2.37. The Hall–Kier alpha value is -2.13. The van der Waals surface area contributed by atoms with Crippen LogP contribution in [0.1, 0.15) is 5.56 Å². The molecule has 1 heterocycles. The zero-order valence-electron chi connectivity index (χ0n) is 10.3. The zero-order chi connectivity index (χ0) is 15.7. The molecule has 21 heavy (non-hydrogen) atoms. The number of aromatic amines is 1. The van der Waals surface area contributed by atoms with Gasteiger partial charge in [0, 0.05) is 6.07 Å². The van der Waals surface area contributed by atoms with Crippen LogP contribution in [0.3, 0.4) is 0 Å². The van der Waals surface area contributed by atoms with Crippen molar-refractivity contribution in [1.82, 2.24) is 0 Å². The molecule has 2 aromatic rings. The molecule has 0 saturated carbocycles. The maximum absolute atomic E-state index is 12.6. The molecule has 0 aliphatic heterocycles. The Morgan fingerprint density at radius 1 is 1.14 bits per heavy atom. The minimum Gasteiger partial charge on any atom is -0.744 e. The van der Waals surface area contributed by atoms with Gasteiger partial charge in [0.15, 0.2) is 0 Å². The third-order valence-corrected chi connectivity index (χ3v) is 3.37. The van der Waals surface area contributed by atoms with Crippen molar-refractivity contribution in [2.24, 2.45) is 0 Å². The van der Waals surface area contributed by atoms with E-state index in [1.54, 1.807) is 0 Å². The van der Waals surface area contributed by atoms with E-state index in [9.17, 15) is 26.1 Å². The van der Waals surface area contributed by atoms with E-state index >= 15 is 0 Å². The number of halogens is 3. The maximum atomic E-state index is 12.6. The summed E-state index contributed by atoms with van der Waals surface area (Å²) >= 11 is 0. The minimum atomic E-state index is -4.58. The number of pyridine rings is 1. The molecule has 5 nitrogen and oxygen atoms in total. The lowest BCUT2D eigenvalue weighted by molar-refractivity contribution is -0.363. The van der Waals surface area contributed by atoms with E-state index in [1.807, 2.05) is 0 Å². The van der Waals surface area contributed by atoms with E-state index < -0.39 is 26.8 Å². The Labute approximate surface area is 118 Å². The van der Waals surface area contributed by atoms with Crippen LogP contribution in [0.15, 0.2) is 47.5 Å². The van der Waals surface area contributed by atoms with Crippen LogP contribution in [0.4, 0.5) is 24.7 Å². The van der Waals surface area contributed by atoms with E-state index in [4.69, 9.17) is 0 Å². The summed E-state index contributed by atoms with van der Waals surface area (Å²) in [5, 5.41) is 2.64. The summed E-state index contributed by atoms with van der Waals surface area (Å²) in [4.78, 5) is 2.02. The van der Waals surface area contributed by atoms with Gasteiger partial charge < -0.3 is 4.55 Å². The Bertz CT molecular complexity index is 743. The molecule has 1 aromatic heterocycles. The van der Waals surface area contributed by atoms with Gasteiger partial charge in [-0.1, -0.05) is 6.07 Å². The van der Waals surface area contributed by atoms with Crippen molar-refractivity contribution in [2.45, 2.75) is 11.1 Å². The monoisotopic (exact) mass is 318 g/mol. The number of rotatable bonds is 3. The second kappa shape index (κ2) is 5.34. The van der Waals surface area contributed by atoms with Gasteiger partial charge in [-0.05, 0) is 24.3 Å². The lowest BCUT2D eigenvalue weighted by Crippen LogP contribution is -2.13. The van der Waals surface area contributed by atoms with Gasteiger partial charge in [-0.25, -0.2) is 18.7 Å². The van der Waals surface area contributed by atoms with E-state index in [2.05, 4.69) is 10.3 Å². The smallest absolute Gasteiger partial charge is 0.416 e. The second-order valence-corrected chi connectivity index (χ2v) is 5.48. The predicted molar refractivity (Wildman–Crippen MR) is 65.7 cm³/mol. The highest BCUT2D eigenvalue weighted by Gasteiger charge is 2.30. The van der Waals surface area contributed by atoms with Crippen molar-refractivity contribution in [3.63, 3.8) is 0 Å². The molecule has 2 N–H and O–H groups in total. The summed E-state index contributed by atoms with van der Waals surface area (Å²) in [6.45, 7) is 0. The van der Waals surface area contributed by atoms with Crippen LogP contribution in [-0.4, -0.2) is 13.0 Å². The first-order chi connectivity index (χ1) is 9.66. The third kappa shape index (κ3) is 3.92. The van der Waals surface area contributed by atoms with Crippen LogP contribution in [0.5, 0.6) is 0 Å². The van der Waals surface area contributed by atoms with Crippen LogP contribution < -0.4 is 10.3 Å². The van der Waals surface area contributed by atoms with Gasteiger partial charge in [0.1, 0.15) is 22.0 Å². The molecule has 1 aromatic carbocycles. The van der Waals surface area contributed by atoms with Gasteiger partial charge in [0.25, 0.3) is 5.82 Å².